The highest BCUT2D eigenvalue weighted by Crippen LogP contribution is 2.34. The van der Waals surface area contributed by atoms with Crippen LogP contribution in [0, 0.1) is 0 Å². The number of fused-ring (bicyclic) bond motifs is 2. The Morgan fingerprint density at radius 2 is 2.32 bits per heavy atom. The number of pyridine rings is 1. The standard InChI is InChI=1S/C13H15N3O2S/c14-12(19)7-1-3-9(15-6-7)13(17)16-10-5-8-2-4-11(10)18-8/h1,3,6,8,10-11H,2,4-5H2,(H2,14,19)(H,16,17). The van der Waals surface area contributed by atoms with Crippen molar-refractivity contribution < 1.29 is 9.53 Å². The van der Waals surface area contributed by atoms with Crippen LogP contribution < -0.4 is 11.1 Å². The molecule has 2 saturated heterocycles. The molecule has 1 aromatic heterocycles. The van der Waals surface area contributed by atoms with Crippen LogP contribution in [-0.4, -0.2) is 34.1 Å². The Kier molecular flexibility index (Phi) is 3.20. The normalized spacial score (nSPS) is 28.3. The molecule has 3 heterocycles. The molecule has 5 nitrogen and oxygen atoms in total. The summed E-state index contributed by atoms with van der Waals surface area (Å²) in [7, 11) is 0. The Labute approximate surface area is 116 Å². The average Bonchev–Trinajstić information content (AvgIpc) is 3.01. The van der Waals surface area contributed by atoms with Gasteiger partial charge in [0.15, 0.2) is 0 Å². The maximum atomic E-state index is 12.1. The van der Waals surface area contributed by atoms with Gasteiger partial charge in [-0.25, -0.2) is 0 Å². The summed E-state index contributed by atoms with van der Waals surface area (Å²) in [5, 5.41) is 2.98. The second-order valence-corrected chi connectivity index (χ2v) is 5.43. The van der Waals surface area contributed by atoms with Gasteiger partial charge in [-0.2, -0.15) is 0 Å². The summed E-state index contributed by atoms with van der Waals surface area (Å²) >= 11 is 4.84. The van der Waals surface area contributed by atoms with Crippen LogP contribution in [0.15, 0.2) is 18.3 Å². The highest BCUT2D eigenvalue weighted by Gasteiger charge is 2.41. The number of aromatic nitrogens is 1. The summed E-state index contributed by atoms with van der Waals surface area (Å²) in [6.07, 6.45) is 5.06. The van der Waals surface area contributed by atoms with Gasteiger partial charge in [0.25, 0.3) is 5.91 Å². The van der Waals surface area contributed by atoms with Gasteiger partial charge in [-0.15, -0.1) is 0 Å². The van der Waals surface area contributed by atoms with E-state index < -0.39 is 0 Å². The van der Waals surface area contributed by atoms with Gasteiger partial charge < -0.3 is 15.8 Å². The molecule has 2 aliphatic rings. The third-order valence-corrected chi connectivity index (χ3v) is 3.94. The first kappa shape index (κ1) is 12.5. The van der Waals surface area contributed by atoms with Gasteiger partial charge in [-0.3, -0.25) is 9.78 Å². The number of rotatable bonds is 3. The fraction of sp³-hybridized carbons (Fsp3) is 0.462. The Balaban J connectivity index is 1.65. The fourth-order valence-electron chi connectivity index (χ4n) is 2.71. The van der Waals surface area contributed by atoms with Crippen LogP contribution in [0.25, 0.3) is 0 Å². The van der Waals surface area contributed by atoms with E-state index >= 15 is 0 Å². The van der Waals surface area contributed by atoms with Crippen LogP contribution >= 0.6 is 12.2 Å². The monoisotopic (exact) mass is 277 g/mol. The molecule has 0 aliphatic carbocycles. The summed E-state index contributed by atoms with van der Waals surface area (Å²) in [6.45, 7) is 0. The maximum absolute atomic E-state index is 12.1. The van der Waals surface area contributed by atoms with Crippen LogP contribution in [-0.2, 0) is 4.74 Å². The summed E-state index contributed by atoms with van der Waals surface area (Å²) in [5.41, 5.74) is 6.53. The number of nitrogens with one attached hydrogen (secondary N) is 1. The van der Waals surface area contributed by atoms with E-state index in [0.717, 1.165) is 19.3 Å². The first-order valence-corrected chi connectivity index (χ1v) is 6.76. The lowest BCUT2D eigenvalue weighted by atomic mass is 9.95. The molecule has 3 N–H and O–H groups in total. The number of amides is 1. The molecule has 1 aromatic rings. The predicted molar refractivity (Wildman–Crippen MR) is 73.9 cm³/mol. The highest BCUT2D eigenvalue weighted by molar-refractivity contribution is 7.80. The lowest BCUT2D eigenvalue weighted by molar-refractivity contribution is 0.0837. The zero-order chi connectivity index (χ0) is 13.4. The van der Waals surface area contributed by atoms with E-state index in [1.165, 1.54) is 6.20 Å². The second kappa shape index (κ2) is 4.86. The van der Waals surface area contributed by atoms with Crippen molar-refractivity contribution in [2.75, 3.05) is 0 Å². The minimum absolute atomic E-state index is 0.114. The zero-order valence-corrected chi connectivity index (χ0v) is 11.2. The van der Waals surface area contributed by atoms with Crippen LogP contribution in [0.4, 0.5) is 0 Å². The van der Waals surface area contributed by atoms with Crippen LogP contribution in [0.1, 0.15) is 35.3 Å². The Hall–Kier alpha value is -1.53. The molecule has 2 bridgehead atoms. The largest absolute Gasteiger partial charge is 0.389 e. The quantitative estimate of drug-likeness (QED) is 0.798. The molecular weight excluding hydrogens is 262 g/mol. The van der Waals surface area contributed by atoms with Crippen molar-refractivity contribution in [1.82, 2.24) is 10.3 Å². The summed E-state index contributed by atoms with van der Waals surface area (Å²) < 4.78 is 5.70. The molecule has 3 rings (SSSR count). The maximum Gasteiger partial charge on any atom is 0.270 e. The van der Waals surface area contributed by atoms with Crippen LogP contribution in [0.3, 0.4) is 0 Å². The molecule has 0 spiro atoms. The van der Waals surface area contributed by atoms with E-state index in [9.17, 15) is 4.79 Å². The van der Waals surface area contributed by atoms with Gasteiger partial charge >= 0.3 is 0 Å². The molecule has 2 fully saturated rings. The van der Waals surface area contributed by atoms with E-state index in [1.54, 1.807) is 12.1 Å². The van der Waals surface area contributed by atoms with Gasteiger partial charge in [-0.1, -0.05) is 12.2 Å². The van der Waals surface area contributed by atoms with E-state index in [2.05, 4.69) is 10.3 Å². The summed E-state index contributed by atoms with van der Waals surface area (Å²) in [6, 6.07) is 3.46. The van der Waals surface area contributed by atoms with Crippen molar-refractivity contribution in [2.24, 2.45) is 5.73 Å². The number of carbonyl (C=O) groups excluding carboxylic acids is 1. The molecule has 2 aliphatic heterocycles. The smallest absolute Gasteiger partial charge is 0.270 e. The second-order valence-electron chi connectivity index (χ2n) is 4.99. The van der Waals surface area contributed by atoms with Crippen molar-refractivity contribution in [3.05, 3.63) is 29.6 Å². The number of thiocarbonyl (C=S) groups is 1. The Morgan fingerprint density at radius 1 is 1.47 bits per heavy atom. The molecule has 0 saturated carbocycles. The number of hydrogen-bond acceptors (Lipinski definition) is 4. The van der Waals surface area contributed by atoms with Gasteiger partial charge in [0.1, 0.15) is 10.7 Å². The van der Waals surface area contributed by atoms with E-state index in [-0.39, 0.29) is 23.0 Å². The molecule has 3 atom stereocenters. The molecule has 6 heteroatoms. The Morgan fingerprint density at radius 3 is 2.84 bits per heavy atom. The van der Waals surface area contributed by atoms with Crippen LogP contribution in [0.2, 0.25) is 0 Å². The van der Waals surface area contributed by atoms with E-state index in [0.29, 0.717) is 17.4 Å². The van der Waals surface area contributed by atoms with Crippen LogP contribution in [0.5, 0.6) is 0 Å². The van der Waals surface area contributed by atoms with Gasteiger partial charge in [0.2, 0.25) is 0 Å². The lowest BCUT2D eigenvalue weighted by Crippen LogP contribution is -2.41. The Bertz CT molecular complexity index is 517. The molecular formula is C13H15N3O2S. The molecule has 1 amide bonds. The van der Waals surface area contributed by atoms with Crippen molar-refractivity contribution in [1.29, 1.82) is 0 Å². The lowest BCUT2D eigenvalue weighted by Gasteiger charge is -2.19. The first-order valence-electron chi connectivity index (χ1n) is 6.35. The fourth-order valence-corrected chi connectivity index (χ4v) is 2.83. The summed E-state index contributed by atoms with van der Waals surface area (Å²) in [5.74, 6) is -0.171. The number of nitrogens with zero attached hydrogens (tertiary/aromatic N) is 1. The van der Waals surface area contributed by atoms with Crippen molar-refractivity contribution in [3.8, 4) is 0 Å². The van der Waals surface area contributed by atoms with Gasteiger partial charge in [0, 0.05) is 11.8 Å². The number of ether oxygens (including phenoxy) is 1. The first-order chi connectivity index (χ1) is 9.13. The number of nitrogens with two attached hydrogens (primary N) is 1. The zero-order valence-electron chi connectivity index (χ0n) is 10.3. The molecule has 0 radical (unpaired) electrons. The average molecular weight is 277 g/mol. The van der Waals surface area contributed by atoms with Crippen molar-refractivity contribution in [3.63, 3.8) is 0 Å². The van der Waals surface area contributed by atoms with Gasteiger partial charge in [0.05, 0.1) is 18.2 Å². The minimum atomic E-state index is -0.171. The topological polar surface area (TPSA) is 77.2 Å². The molecule has 19 heavy (non-hydrogen) atoms. The van der Waals surface area contributed by atoms with Crippen molar-refractivity contribution >= 4 is 23.1 Å². The minimum Gasteiger partial charge on any atom is -0.389 e. The SMILES string of the molecule is NC(=S)c1ccc(C(=O)NC2CC3CCC2O3)nc1. The highest BCUT2D eigenvalue weighted by atomic mass is 32.1. The third kappa shape index (κ3) is 2.46. The van der Waals surface area contributed by atoms with Crippen molar-refractivity contribution in [2.45, 2.75) is 37.5 Å². The molecule has 3 unspecified atom stereocenters. The molecule has 0 aromatic carbocycles. The predicted octanol–water partition coefficient (Wildman–Crippen LogP) is 0.766. The molecule has 100 valence electrons. The van der Waals surface area contributed by atoms with E-state index in [1.807, 2.05) is 0 Å². The van der Waals surface area contributed by atoms with Gasteiger partial charge in [-0.05, 0) is 31.4 Å². The summed E-state index contributed by atoms with van der Waals surface area (Å²) in [4.78, 5) is 16.4. The third-order valence-electron chi connectivity index (χ3n) is 3.70. The van der Waals surface area contributed by atoms with E-state index in [4.69, 9.17) is 22.7 Å². The number of hydrogen-bond donors (Lipinski definition) is 2. The number of carbonyl (C=O) groups is 1.